The molecule has 0 aliphatic carbocycles. The van der Waals surface area contributed by atoms with Gasteiger partial charge in [-0.15, -0.1) is 5.10 Å². The molecule has 6 heteroatoms. The van der Waals surface area contributed by atoms with Crippen molar-refractivity contribution < 1.29 is 14.6 Å². The predicted octanol–water partition coefficient (Wildman–Crippen LogP) is -0.111. The number of aromatic nitrogens is 3. The Morgan fingerprint density at radius 2 is 2.42 bits per heavy atom. The fourth-order valence-corrected chi connectivity index (χ4v) is 0.803. The van der Waals surface area contributed by atoms with Gasteiger partial charge in [-0.1, -0.05) is 5.21 Å². The van der Waals surface area contributed by atoms with Gasteiger partial charge < -0.3 is 9.84 Å². The molecule has 1 N–H and O–H groups in total. The van der Waals surface area contributed by atoms with E-state index in [9.17, 15) is 4.79 Å². The third-order valence-corrected chi connectivity index (χ3v) is 1.44. The van der Waals surface area contributed by atoms with Gasteiger partial charge in [-0.25, -0.2) is 9.48 Å². The van der Waals surface area contributed by atoms with Crippen LogP contribution in [-0.4, -0.2) is 33.2 Å². The Hall–Kier alpha value is -1.43. The van der Waals surface area contributed by atoms with Gasteiger partial charge in [0.05, 0.1) is 5.69 Å². The third kappa shape index (κ3) is 1.42. The molecule has 6 nitrogen and oxygen atoms in total. The van der Waals surface area contributed by atoms with Crippen molar-refractivity contribution in [1.29, 1.82) is 0 Å². The summed E-state index contributed by atoms with van der Waals surface area (Å²) in [6.07, 6.45) is 0. The van der Waals surface area contributed by atoms with Gasteiger partial charge in [0.1, 0.15) is 6.73 Å². The second-order valence-electron chi connectivity index (χ2n) is 2.25. The molecule has 0 aromatic carbocycles. The number of carboxylic acids is 1. The zero-order valence-corrected chi connectivity index (χ0v) is 6.81. The van der Waals surface area contributed by atoms with Crippen LogP contribution in [0.2, 0.25) is 0 Å². The average molecular weight is 171 g/mol. The fourth-order valence-electron chi connectivity index (χ4n) is 0.803. The molecule has 66 valence electrons. The molecular formula is C6H9N3O3. The number of ether oxygens (including phenoxy) is 1. The van der Waals surface area contributed by atoms with E-state index < -0.39 is 5.97 Å². The van der Waals surface area contributed by atoms with Crippen molar-refractivity contribution in [1.82, 2.24) is 15.0 Å². The van der Waals surface area contributed by atoms with Crippen molar-refractivity contribution in [3.63, 3.8) is 0 Å². The van der Waals surface area contributed by atoms with Crippen LogP contribution in [0, 0.1) is 6.92 Å². The Bertz CT molecular complexity index is 294. The molecule has 0 spiro atoms. The molecule has 1 aromatic heterocycles. The summed E-state index contributed by atoms with van der Waals surface area (Å²) in [6, 6.07) is 0. The maximum absolute atomic E-state index is 10.5. The van der Waals surface area contributed by atoms with Crippen molar-refractivity contribution >= 4 is 5.97 Å². The highest BCUT2D eigenvalue weighted by atomic mass is 16.5. The first kappa shape index (κ1) is 8.66. The Kier molecular flexibility index (Phi) is 2.39. The number of methoxy groups -OCH3 is 1. The number of hydrogen-bond donors (Lipinski definition) is 1. The molecule has 0 bridgehead atoms. The SMILES string of the molecule is COCn1nnc(C(=O)O)c1C. The number of carboxylic acid groups (broad SMARTS) is 1. The van der Waals surface area contributed by atoms with Crippen LogP contribution < -0.4 is 0 Å². The molecule has 1 heterocycles. The van der Waals surface area contributed by atoms with E-state index in [0.717, 1.165) is 0 Å². The predicted molar refractivity (Wildman–Crippen MR) is 38.7 cm³/mol. The van der Waals surface area contributed by atoms with Crippen LogP contribution >= 0.6 is 0 Å². The summed E-state index contributed by atoms with van der Waals surface area (Å²) in [5.74, 6) is -1.07. The van der Waals surface area contributed by atoms with E-state index in [1.807, 2.05) is 0 Å². The van der Waals surface area contributed by atoms with E-state index in [0.29, 0.717) is 5.69 Å². The molecule has 0 unspecified atom stereocenters. The van der Waals surface area contributed by atoms with Gasteiger partial charge in [0.2, 0.25) is 0 Å². The summed E-state index contributed by atoms with van der Waals surface area (Å²) in [5.41, 5.74) is 0.455. The zero-order chi connectivity index (χ0) is 9.14. The van der Waals surface area contributed by atoms with Crippen molar-refractivity contribution in [2.24, 2.45) is 0 Å². The number of rotatable bonds is 3. The van der Waals surface area contributed by atoms with Crippen LogP contribution in [-0.2, 0) is 11.5 Å². The van der Waals surface area contributed by atoms with Gasteiger partial charge in [0, 0.05) is 7.11 Å². The molecule has 0 radical (unpaired) electrons. The zero-order valence-electron chi connectivity index (χ0n) is 6.81. The molecule has 0 aliphatic heterocycles. The number of nitrogens with zero attached hydrogens (tertiary/aromatic N) is 3. The van der Waals surface area contributed by atoms with Gasteiger partial charge >= 0.3 is 5.97 Å². The van der Waals surface area contributed by atoms with Crippen LogP contribution in [0.15, 0.2) is 0 Å². The molecule has 0 saturated heterocycles. The van der Waals surface area contributed by atoms with Crippen molar-refractivity contribution in [2.45, 2.75) is 13.7 Å². The van der Waals surface area contributed by atoms with Crippen LogP contribution in [0.1, 0.15) is 16.2 Å². The number of hydrogen-bond acceptors (Lipinski definition) is 4. The highest BCUT2D eigenvalue weighted by Crippen LogP contribution is 2.02. The minimum Gasteiger partial charge on any atom is -0.476 e. The van der Waals surface area contributed by atoms with Crippen molar-refractivity contribution in [3.05, 3.63) is 11.4 Å². The summed E-state index contributed by atoms with van der Waals surface area (Å²) >= 11 is 0. The second-order valence-corrected chi connectivity index (χ2v) is 2.25. The lowest BCUT2D eigenvalue weighted by Crippen LogP contribution is -2.05. The Balaban J connectivity index is 2.96. The first-order valence-electron chi connectivity index (χ1n) is 3.29. The number of aromatic carboxylic acids is 1. The molecule has 0 aliphatic rings. The van der Waals surface area contributed by atoms with Crippen LogP contribution in [0.25, 0.3) is 0 Å². The van der Waals surface area contributed by atoms with E-state index in [1.165, 1.54) is 11.8 Å². The van der Waals surface area contributed by atoms with E-state index in [1.54, 1.807) is 6.92 Å². The van der Waals surface area contributed by atoms with Gasteiger partial charge in [-0.3, -0.25) is 0 Å². The quantitative estimate of drug-likeness (QED) is 0.686. The van der Waals surface area contributed by atoms with Crippen LogP contribution in [0.5, 0.6) is 0 Å². The molecule has 0 saturated carbocycles. The Morgan fingerprint density at radius 3 is 2.83 bits per heavy atom. The lowest BCUT2D eigenvalue weighted by Gasteiger charge is -1.98. The first-order valence-corrected chi connectivity index (χ1v) is 3.29. The third-order valence-electron chi connectivity index (χ3n) is 1.44. The minimum atomic E-state index is -1.07. The van der Waals surface area contributed by atoms with E-state index in [2.05, 4.69) is 10.3 Å². The number of carbonyl (C=O) groups is 1. The van der Waals surface area contributed by atoms with E-state index >= 15 is 0 Å². The monoisotopic (exact) mass is 171 g/mol. The smallest absolute Gasteiger partial charge is 0.358 e. The lowest BCUT2D eigenvalue weighted by atomic mass is 10.3. The lowest BCUT2D eigenvalue weighted by molar-refractivity contribution is 0.0689. The largest absolute Gasteiger partial charge is 0.476 e. The maximum Gasteiger partial charge on any atom is 0.358 e. The molecule has 1 aromatic rings. The van der Waals surface area contributed by atoms with E-state index in [-0.39, 0.29) is 12.4 Å². The molecule has 0 fully saturated rings. The highest BCUT2D eigenvalue weighted by molar-refractivity contribution is 5.86. The van der Waals surface area contributed by atoms with Gasteiger partial charge in [-0.05, 0) is 6.92 Å². The first-order chi connectivity index (χ1) is 5.66. The average Bonchev–Trinajstić information content (AvgIpc) is 2.34. The topological polar surface area (TPSA) is 77.2 Å². The second kappa shape index (κ2) is 3.31. The van der Waals surface area contributed by atoms with Crippen LogP contribution in [0.4, 0.5) is 0 Å². The molecular weight excluding hydrogens is 162 g/mol. The summed E-state index contributed by atoms with van der Waals surface area (Å²) < 4.78 is 6.15. The standard InChI is InChI=1S/C6H9N3O3/c1-4-5(6(10)11)7-8-9(4)3-12-2/h3H2,1-2H3,(H,10,11). The van der Waals surface area contributed by atoms with Crippen molar-refractivity contribution in [2.75, 3.05) is 7.11 Å². The Morgan fingerprint density at radius 1 is 1.75 bits per heavy atom. The highest BCUT2D eigenvalue weighted by Gasteiger charge is 2.14. The van der Waals surface area contributed by atoms with Gasteiger partial charge in [0.15, 0.2) is 5.69 Å². The molecule has 0 atom stereocenters. The van der Waals surface area contributed by atoms with Gasteiger partial charge in [-0.2, -0.15) is 0 Å². The maximum atomic E-state index is 10.5. The Labute approximate surface area is 68.8 Å². The minimum absolute atomic E-state index is 0.0351. The summed E-state index contributed by atoms with van der Waals surface area (Å²) in [4.78, 5) is 10.5. The summed E-state index contributed by atoms with van der Waals surface area (Å²) in [5, 5.41) is 15.6. The molecule has 0 amide bonds. The molecule has 12 heavy (non-hydrogen) atoms. The molecule has 1 rings (SSSR count). The van der Waals surface area contributed by atoms with Crippen LogP contribution in [0.3, 0.4) is 0 Å². The normalized spacial score (nSPS) is 10.2. The van der Waals surface area contributed by atoms with Gasteiger partial charge in [0.25, 0.3) is 0 Å². The van der Waals surface area contributed by atoms with E-state index in [4.69, 9.17) is 9.84 Å². The summed E-state index contributed by atoms with van der Waals surface area (Å²) in [7, 11) is 1.50. The summed E-state index contributed by atoms with van der Waals surface area (Å²) in [6.45, 7) is 1.84. The fraction of sp³-hybridized carbons (Fsp3) is 0.500. The van der Waals surface area contributed by atoms with Crippen molar-refractivity contribution in [3.8, 4) is 0 Å².